The lowest BCUT2D eigenvalue weighted by molar-refractivity contribution is -0.175. The van der Waals surface area contributed by atoms with Crippen LogP contribution in [0.25, 0.3) is 0 Å². The maximum atomic E-state index is 12.8. The summed E-state index contributed by atoms with van der Waals surface area (Å²) in [6.07, 6.45) is -0.935. The van der Waals surface area contributed by atoms with Crippen LogP contribution in [0.4, 0.5) is 13.2 Å². The molecule has 1 atom stereocenters. The van der Waals surface area contributed by atoms with Gasteiger partial charge in [0.05, 0.1) is 5.92 Å². The fraction of sp³-hybridized carbons (Fsp3) is 0.571. The van der Waals surface area contributed by atoms with E-state index in [1.165, 1.54) is 11.1 Å². The molecule has 0 saturated heterocycles. The molecule has 0 amide bonds. The zero-order chi connectivity index (χ0) is 13.2. The van der Waals surface area contributed by atoms with E-state index in [-0.39, 0.29) is 19.4 Å². The summed E-state index contributed by atoms with van der Waals surface area (Å²) in [6.45, 7) is 0.0785. The van der Waals surface area contributed by atoms with Gasteiger partial charge in [-0.15, -0.1) is 0 Å². The van der Waals surface area contributed by atoms with Gasteiger partial charge in [0.15, 0.2) is 0 Å². The van der Waals surface area contributed by atoms with Crippen molar-refractivity contribution < 1.29 is 13.2 Å². The fourth-order valence-corrected chi connectivity index (χ4v) is 2.62. The quantitative estimate of drug-likeness (QED) is 0.880. The molecule has 0 saturated carbocycles. The second-order valence-electron chi connectivity index (χ2n) is 4.98. The van der Waals surface area contributed by atoms with E-state index in [9.17, 15) is 13.2 Å². The minimum Gasteiger partial charge on any atom is -0.330 e. The first-order valence-electron chi connectivity index (χ1n) is 6.38. The standard InChI is InChI=1S/C14H18F3N/c15-14(16,17)13(6-7-18)9-10-4-5-11-2-1-3-12(11)8-10/h4-5,8,13H,1-3,6-7,9,18H2. The van der Waals surface area contributed by atoms with Crippen LogP contribution in [-0.4, -0.2) is 12.7 Å². The fourth-order valence-electron chi connectivity index (χ4n) is 2.62. The van der Waals surface area contributed by atoms with Crippen molar-refractivity contribution in [2.24, 2.45) is 11.7 Å². The Morgan fingerprint density at radius 3 is 2.56 bits per heavy atom. The summed E-state index contributed by atoms with van der Waals surface area (Å²) in [5.41, 5.74) is 8.57. The van der Waals surface area contributed by atoms with Crippen molar-refractivity contribution in [2.75, 3.05) is 6.54 Å². The number of rotatable bonds is 4. The average molecular weight is 257 g/mol. The molecule has 100 valence electrons. The molecule has 1 aromatic carbocycles. The molecule has 0 aromatic heterocycles. The molecule has 1 aliphatic carbocycles. The van der Waals surface area contributed by atoms with E-state index >= 15 is 0 Å². The van der Waals surface area contributed by atoms with Crippen LogP contribution in [0.1, 0.15) is 29.5 Å². The van der Waals surface area contributed by atoms with Crippen LogP contribution in [0.3, 0.4) is 0 Å². The lowest BCUT2D eigenvalue weighted by Crippen LogP contribution is -2.27. The van der Waals surface area contributed by atoms with E-state index in [4.69, 9.17) is 5.73 Å². The Kier molecular flexibility index (Phi) is 3.95. The second kappa shape index (κ2) is 5.31. The third kappa shape index (κ3) is 3.05. The number of hydrogen-bond acceptors (Lipinski definition) is 1. The minimum atomic E-state index is -4.15. The molecule has 4 heteroatoms. The Labute approximate surface area is 105 Å². The van der Waals surface area contributed by atoms with Gasteiger partial charge in [-0.05, 0) is 55.3 Å². The molecule has 1 nitrogen and oxygen atoms in total. The Morgan fingerprint density at radius 1 is 1.17 bits per heavy atom. The summed E-state index contributed by atoms with van der Waals surface area (Å²) in [7, 11) is 0. The predicted octanol–water partition coefficient (Wildman–Crippen LogP) is 3.25. The summed E-state index contributed by atoms with van der Waals surface area (Å²) in [5, 5.41) is 0. The first-order valence-corrected chi connectivity index (χ1v) is 6.38. The van der Waals surface area contributed by atoms with Crippen molar-refractivity contribution in [2.45, 2.75) is 38.3 Å². The summed E-state index contributed by atoms with van der Waals surface area (Å²) >= 11 is 0. The predicted molar refractivity (Wildman–Crippen MR) is 65.4 cm³/mol. The van der Waals surface area contributed by atoms with Gasteiger partial charge in [-0.3, -0.25) is 0 Å². The van der Waals surface area contributed by atoms with Gasteiger partial charge in [-0.2, -0.15) is 13.2 Å². The highest BCUT2D eigenvalue weighted by molar-refractivity contribution is 5.35. The maximum Gasteiger partial charge on any atom is 0.392 e. The number of hydrogen-bond donors (Lipinski definition) is 1. The third-order valence-corrected chi connectivity index (χ3v) is 3.62. The number of benzene rings is 1. The summed E-state index contributed by atoms with van der Waals surface area (Å²) in [6, 6.07) is 5.75. The molecule has 0 radical (unpaired) electrons. The van der Waals surface area contributed by atoms with Crippen LogP contribution in [0.5, 0.6) is 0 Å². The Hall–Kier alpha value is -1.03. The molecule has 0 bridgehead atoms. The van der Waals surface area contributed by atoms with Crippen molar-refractivity contribution in [3.8, 4) is 0 Å². The summed E-state index contributed by atoms with van der Waals surface area (Å²) < 4.78 is 38.4. The topological polar surface area (TPSA) is 26.0 Å². The van der Waals surface area contributed by atoms with Gasteiger partial charge in [0.2, 0.25) is 0 Å². The van der Waals surface area contributed by atoms with Gasteiger partial charge in [0, 0.05) is 0 Å². The third-order valence-electron chi connectivity index (χ3n) is 3.62. The second-order valence-corrected chi connectivity index (χ2v) is 4.98. The molecular weight excluding hydrogens is 239 g/mol. The SMILES string of the molecule is NCCC(Cc1ccc2c(c1)CCC2)C(F)(F)F. The highest BCUT2D eigenvalue weighted by Gasteiger charge is 2.38. The van der Waals surface area contributed by atoms with Crippen molar-refractivity contribution in [3.63, 3.8) is 0 Å². The molecule has 0 fully saturated rings. The van der Waals surface area contributed by atoms with Gasteiger partial charge in [-0.25, -0.2) is 0 Å². The van der Waals surface area contributed by atoms with E-state index < -0.39 is 12.1 Å². The smallest absolute Gasteiger partial charge is 0.330 e. The molecule has 0 aliphatic heterocycles. The van der Waals surface area contributed by atoms with Crippen LogP contribution in [-0.2, 0) is 19.3 Å². The van der Waals surface area contributed by atoms with Gasteiger partial charge in [0.1, 0.15) is 0 Å². The number of fused-ring (bicyclic) bond motifs is 1. The van der Waals surface area contributed by atoms with Crippen molar-refractivity contribution in [1.29, 1.82) is 0 Å². The maximum absolute atomic E-state index is 12.8. The molecule has 2 N–H and O–H groups in total. The highest BCUT2D eigenvalue weighted by atomic mass is 19.4. The molecule has 1 aliphatic rings. The molecule has 0 heterocycles. The molecule has 18 heavy (non-hydrogen) atoms. The first-order chi connectivity index (χ1) is 8.50. The molecule has 1 aromatic rings. The van der Waals surface area contributed by atoms with Gasteiger partial charge < -0.3 is 5.73 Å². The van der Waals surface area contributed by atoms with E-state index in [0.717, 1.165) is 24.8 Å². The van der Waals surface area contributed by atoms with E-state index in [2.05, 4.69) is 0 Å². The van der Waals surface area contributed by atoms with Gasteiger partial charge in [-0.1, -0.05) is 18.2 Å². The van der Waals surface area contributed by atoms with Crippen molar-refractivity contribution in [3.05, 3.63) is 34.9 Å². The zero-order valence-corrected chi connectivity index (χ0v) is 10.3. The first kappa shape index (κ1) is 13.4. The minimum absolute atomic E-state index is 0.000580. The molecular formula is C14H18F3N. The van der Waals surface area contributed by atoms with E-state index in [1.807, 2.05) is 18.2 Å². The van der Waals surface area contributed by atoms with Crippen LogP contribution < -0.4 is 5.73 Å². The van der Waals surface area contributed by atoms with Crippen molar-refractivity contribution in [1.82, 2.24) is 0 Å². The Balaban J connectivity index is 2.11. The van der Waals surface area contributed by atoms with Crippen LogP contribution >= 0.6 is 0 Å². The molecule has 2 rings (SSSR count). The lowest BCUT2D eigenvalue weighted by Gasteiger charge is -2.20. The molecule has 1 unspecified atom stereocenters. The Bertz CT molecular complexity index is 412. The van der Waals surface area contributed by atoms with Crippen LogP contribution in [0.15, 0.2) is 18.2 Å². The van der Waals surface area contributed by atoms with Crippen molar-refractivity contribution >= 4 is 0 Å². The lowest BCUT2D eigenvalue weighted by atomic mass is 9.94. The average Bonchev–Trinajstić information content (AvgIpc) is 2.74. The number of nitrogens with two attached hydrogens (primary N) is 1. The number of alkyl halides is 3. The van der Waals surface area contributed by atoms with Gasteiger partial charge >= 0.3 is 6.18 Å². The summed E-state index contributed by atoms with van der Waals surface area (Å²) in [5.74, 6) is -1.32. The van der Waals surface area contributed by atoms with Gasteiger partial charge in [0.25, 0.3) is 0 Å². The summed E-state index contributed by atoms with van der Waals surface area (Å²) in [4.78, 5) is 0. The Morgan fingerprint density at radius 2 is 1.89 bits per heavy atom. The number of halogens is 3. The largest absolute Gasteiger partial charge is 0.392 e. The highest BCUT2D eigenvalue weighted by Crippen LogP contribution is 2.32. The van der Waals surface area contributed by atoms with E-state index in [1.54, 1.807) is 0 Å². The van der Waals surface area contributed by atoms with Crippen LogP contribution in [0.2, 0.25) is 0 Å². The normalized spacial score (nSPS) is 16.7. The molecule has 0 spiro atoms. The zero-order valence-electron chi connectivity index (χ0n) is 10.3. The van der Waals surface area contributed by atoms with E-state index in [0.29, 0.717) is 0 Å². The monoisotopic (exact) mass is 257 g/mol. The van der Waals surface area contributed by atoms with Crippen LogP contribution in [0, 0.1) is 5.92 Å². The number of aryl methyl sites for hydroxylation is 2.